The molecule has 0 aromatic carbocycles. The van der Waals surface area contributed by atoms with Crippen molar-refractivity contribution in [2.75, 3.05) is 19.6 Å². The Morgan fingerprint density at radius 1 is 1.32 bits per heavy atom. The predicted octanol–water partition coefficient (Wildman–Crippen LogP) is 2.93. The Bertz CT molecular complexity index is 343. The van der Waals surface area contributed by atoms with Crippen molar-refractivity contribution in [3.05, 3.63) is 30.1 Å². The fraction of sp³-hybridized carbons (Fsp3) is 0.688. The van der Waals surface area contributed by atoms with Crippen molar-refractivity contribution in [2.45, 2.75) is 46.7 Å². The van der Waals surface area contributed by atoms with Gasteiger partial charge in [-0.25, -0.2) is 0 Å². The number of pyridine rings is 1. The summed E-state index contributed by atoms with van der Waals surface area (Å²) in [5.74, 6) is 0.642. The van der Waals surface area contributed by atoms with Crippen molar-refractivity contribution in [1.29, 1.82) is 0 Å². The molecule has 0 radical (unpaired) electrons. The SMILES string of the molecule is CCN(Cc1ccccn1)CC(C)CNC(C)(C)C. The molecule has 0 aliphatic rings. The zero-order valence-electron chi connectivity index (χ0n) is 13.1. The van der Waals surface area contributed by atoms with Crippen molar-refractivity contribution >= 4 is 0 Å². The van der Waals surface area contributed by atoms with Gasteiger partial charge in [0, 0.05) is 24.8 Å². The van der Waals surface area contributed by atoms with E-state index in [0.717, 1.165) is 31.9 Å². The van der Waals surface area contributed by atoms with Gasteiger partial charge in [-0.1, -0.05) is 19.9 Å². The van der Waals surface area contributed by atoms with Crippen molar-refractivity contribution in [3.8, 4) is 0 Å². The highest BCUT2D eigenvalue weighted by molar-refractivity contribution is 5.03. The predicted molar refractivity (Wildman–Crippen MR) is 82.1 cm³/mol. The van der Waals surface area contributed by atoms with Crippen LogP contribution in [0.1, 0.15) is 40.3 Å². The standard InChI is InChI=1S/C16H29N3/c1-6-19(13-15-9-7-8-10-17-15)12-14(2)11-18-16(3,4)5/h7-10,14,18H,6,11-13H2,1-5H3. The molecule has 0 fully saturated rings. The zero-order valence-corrected chi connectivity index (χ0v) is 13.1. The highest BCUT2D eigenvalue weighted by Crippen LogP contribution is 2.06. The first kappa shape index (κ1) is 16.1. The highest BCUT2D eigenvalue weighted by Gasteiger charge is 2.13. The largest absolute Gasteiger partial charge is 0.312 e. The number of hydrogen-bond donors (Lipinski definition) is 1. The van der Waals surface area contributed by atoms with Crippen molar-refractivity contribution in [3.63, 3.8) is 0 Å². The number of nitrogens with one attached hydrogen (secondary N) is 1. The Labute approximate surface area is 118 Å². The van der Waals surface area contributed by atoms with Crippen LogP contribution in [0.4, 0.5) is 0 Å². The molecule has 1 aromatic heterocycles. The van der Waals surface area contributed by atoms with Crippen LogP contribution in [-0.4, -0.2) is 35.1 Å². The van der Waals surface area contributed by atoms with Crippen LogP contribution in [0.25, 0.3) is 0 Å². The van der Waals surface area contributed by atoms with Crippen LogP contribution in [0.5, 0.6) is 0 Å². The van der Waals surface area contributed by atoms with E-state index < -0.39 is 0 Å². The molecule has 0 bridgehead atoms. The lowest BCUT2D eigenvalue weighted by Gasteiger charge is -2.27. The molecule has 1 atom stereocenters. The van der Waals surface area contributed by atoms with E-state index in [1.165, 1.54) is 0 Å². The summed E-state index contributed by atoms with van der Waals surface area (Å²) in [6.07, 6.45) is 1.87. The van der Waals surface area contributed by atoms with Gasteiger partial charge in [0.2, 0.25) is 0 Å². The van der Waals surface area contributed by atoms with E-state index in [0.29, 0.717) is 5.92 Å². The van der Waals surface area contributed by atoms with Crippen molar-refractivity contribution in [1.82, 2.24) is 15.2 Å². The third-order valence-corrected chi connectivity index (χ3v) is 3.11. The van der Waals surface area contributed by atoms with Crippen molar-refractivity contribution in [2.24, 2.45) is 5.92 Å². The molecule has 0 saturated carbocycles. The lowest BCUT2D eigenvalue weighted by atomic mass is 10.1. The molecule has 0 amide bonds. The molecule has 1 rings (SSSR count). The van der Waals surface area contributed by atoms with Gasteiger partial charge in [-0.3, -0.25) is 9.88 Å². The van der Waals surface area contributed by atoms with Crippen LogP contribution in [0.2, 0.25) is 0 Å². The third-order valence-electron chi connectivity index (χ3n) is 3.11. The Morgan fingerprint density at radius 3 is 2.58 bits per heavy atom. The molecule has 3 nitrogen and oxygen atoms in total. The quantitative estimate of drug-likeness (QED) is 0.820. The summed E-state index contributed by atoms with van der Waals surface area (Å²) < 4.78 is 0. The first-order valence-corrected chi connectivity index (χ1v) is 7.28. The van der Waals surface area contributed by atoms with E-state index in [2.05, 4.69) is 62.0 Å². The zero-order chi connectivity index (χ0) is 14.3. The monoisotopic (exact) mass is 263 g/mol. The van der Waals surface area contributed by atoms with Crippen LogP contribution < -0.4 is 5.32 Å². The van der Waals surface area contributed by atoms with Gasteiger partial charge in [0.05, 0.1) is 5.69 Å². The Balaban J connectivity index is 2.39. The number of nitrogens with zero attached hydrogens (tertiary/aromatic N) is 2. The molecular weight excluding hydrogens is 234 g/mol. The van der Waals surface area contributed by atoms with E-state index in [1.54, 1.807) is 0 Å². The van der Waals surface area contributed by atoms with Gasteiger partial charge in [-0.15, -0.1) is 0 Å². The van der Waals surface area contributed by atoms with Crippen LogP contribution in [-0.2, 0) is 6.54 Å². The minimum absolute atomic E-state index is 0.201. The fourth-order valence-corrected chi connectivity index (χ4v) is 2.01. The smallest absolute Gasteiger partial charge is 0.0543 e. The summed E-state index contributed by atoms with van der Waals surface area (Å²) in [4.78, 5) is 6.86. The van der Waals surface area contributed by atoms with Crippen molar-refractivity contribution < 1.29 is 0 Å². The molecule has 0 aliphatic heterocycles. The number of hydrogen-bond acceptors (Lipinski definition) is 3. The first-order valence-electron chi connectivity index (χ1n) is 7.28. The van der Waals surface area contributed by atoms with Gasteiger partial charge in [-0.2, -0.15) is 0 Å². The summed E-state index contributed by atoms with van der Waals surface area (Å²) in [5, 5.41) is 3.57. The second-order valence-electron chi connectivity index (χ2n) is 6.38. The lowest BCUT2D eigenvalue weighted by molar-refractivity contribution is 0.228. The third kappa shape index (κ3) is 7.28. The molecule has 3 heteroatoms. The van der Waals surface area contributed by atoms with E-state index in [1.807, 2.05) is 12.3 Å². The highest BCUT2D eigenvalue weighted by atomic mass is 15.1. The molecule has 0 spiro atoms. The molecule has 1 N–H and O–H groups in total. The molecular formula is C16H29N3. The summed E-state index contributed by atoms with van der Waals surface area (Å²) in [6.45, 7) is 15.3. The molecule has 19 heavy (non-hydrogen) atoms. The average molecular weight is 263 g/mol. The molecule has 1 heterocycles. The second-order valence-corrected chi connectivity index (χ2v) is 6.38. The van der Waals surface area contributed by atoms with Gasteiger partial charge < -0.3 is 5.32 Å². The molecule has 0 saturated heterocycles. The maximum Gasteiger partial charge on any atom is 0.0543 e. The van der Waals surface area contributed by atoms with Gasteiger partial charge in [0.1, 0.15) is 0 Å². The summed E-state index contributed by atoms with van der Waals surface area (Å²) in [6, 6.07) is 6.12. The van der Waals surface area contributed by atoms with Crippen LogP contribution in [0.15, 0.2) is 24.4 Å². The Hall–Kier alpha value is -0.930. The maximum atomic E-state index is 4.40. The summed E-state index contributed by atoms with van der Waals surface area (Å²) in [7, 11) is 0. The lowest BCUT2D eigenvalue weighted by Crippen LogP contribution is -2.41. The van der Waals surface area contributed by atoms with Gasteiger partial charge in [0.15, 0.2) is 0 Å². The molecule has 0 aliphatic carbocycles. The number of rotatable bonds is 7. The minimum Gasteiger partial charge on any atom is -0.312 e. The van der Waals surface area contributed by atoms with Crippen LogP contribution >= 0.6 is 0 Å². The Morgan fingerprint density at radius 2 is 2.05 bits per heavy atom. The maximum absolute atomic E-state index is 4.40. The van der Waals surface area contributed by atoms with Gasteiger partial charge in [0.25, 0.3) is 0 Å². The van der Waals surface area contributed by atoms with E-state index in [9.17, 15) is 0 Å². The second kappa shape index (κ2) is 7.61. The molecule has 108 valence electrons. The van der Waals surface area contributed by atoms with Gasteiger partial charge in [-0.05, 0) is 51.9 Å². The number of aromatic nitrogens is 1. The molecule has 1 aromatic rings. The van der Waals surface area contributed by atoms with Crippen LogP contribution in [0, 0.1) is 5.92 Å². The first-order chi connectivity index (χ1) is 8.90. The fourth-order valence-electron chi connectivity index (χ4n) is 2.01. The van der Waals surface area contributed by atoms with Gasteiger partial charge >= 0.3 is 0 Å². The molecule has 1 unspecified atom stereocenters. The normalized spacial score (nSPS) is 13.8. The minimum atomic E-state index is 0.201. The van der Waals surface area contributed by atoms with Crippen LogP contribution in [0.3, 0.4) is 0 Å². The summed E-state index contributed by atoms with van der Waals surface area (Å²) >= 11 is 0. The summed E-state index contributed by atoms with van der Waals surface area (Å²) in [5.41, 5.74) is 1.35. The average Bonchev–Trinajstić information content (AvgIpc) is 2.36. The van der Waals surface area contributed by atoms with E-state index >= 15 is 0 Å². The Kier molecular flexibility index (Phi) is 6.46. The van der Waals surface area contributed by atoms with E-state index in [-0.39, 0.29) is 5.54 Å². The topological polar surface area (TPSA) is 28.2 Å². The van der Waals surface area contributed by atoms with E-state index in [4.69, 9.17) is 0 Å².